The normalized spacial score (nSPS) is 10.2. The summed E-state index contributed by atoms with van der Waals surface area (Å²) in [7, 11) is 0. The average molecular weight is 271 g/mol. The second-order valence-corrected chi connectivity index (χ2v) is 4.59. The second kappa shape index (κ2) is 5.65. The maximum Gasteiger partial charge on any atom is 0.296 e. The number of ketones is 1. The average Bonchev–Trinajstić information content (AvgIpc) is 2.43. The van der Waals surface area contributed by atoms with Crippen LogP contribution in [0.3, 0.4) is 0 Å². The molecule has 0 unspecified atom stereocenters. The lowest BCUT2D eigenvalue weighted by Crippen LogP contribution is -2.22. The largest absolute Gasteiger partial charge is 0.319 e. The number of halogens is 1. The Bertz CT molecular complexity index is 663. The van der Waals surface area contributed by atoms with Gasteiger partial charge in [-0.3, -0.25) is 9.59 Å². The molecule has 2 aromatic rings. The van der Waals surface area contributed by atoms with Crippen molar-refractivity contribution in [3.8, 4) is 0 Å². The summed E-state index contributed by atoms with van der Waals surface area (Å²) in [5.74, 6) is -1.88. The van der Waals surface area contributed by atoms with Gasteiger partial charge in [0.1, 0.15) is 5.82 Å². The minimum Gasteiger partial charge on any atom is -0.319 e. The van der Waals surface area contributed by atoms with Crippen LogP contribution in [0.4, 0.5) is 10.1 Å². The Hall–Kier alpha value is -2.49. The minimum atomic E-state index is -0.736. The van der Waals surface area contributed by atoms with Gasteiger partial charge in [-0.05, 0) is 61.4 Å². The fraction of sp³-hybridized carbons (Fsp3) is 0.125. The molecule has 2 rings (SSSR count). The number of hydrogen-bond acceptors (Lipinski definition) is 2. The molecule has 0 saturated carbocycles. The van der Waals surface area contributed by atoms with E-state index in [-0.39, 0.29) is 5.56 Å². The lowest BCUT2D eigenvalue weighted by molar-refractivity contribution is -0.112. The zero-order valence-corrected chi connectivity index (χ0v) is 11.2. The van der Waals surface area contributed by atoms with E-state index in [1.54, 1.807) is 12.1 Å². The van der Waals surface area contributed by atoms with Crippen LogP contribution in [-0.2, 0) is 4.79 Å². The molecule has 1 N–H and O–H groups in total. The molecule has 1 amide bonds. The van der Waals surface area contributed by atoms with Crippen LogP contribution in [0.15, 0.2) is 42.5 Å². The molecule has 4 heteroatoms. The highest BCUT2D eigenvalue weighted by Gasteiger charge is 2.16. The fourth-order valence-electron chi connectivity index (χ4n) is 1.74. The monoisotopic (exact) mass is 271 g/mol. The van der Waals surface area contributed by atoms with Crippen molar-refractivity contribution in [1.82, 2.24) is 0 Å². The standard InChI is InChI=1S/C16H14FNO2/c1-10-3-8-14(9-11(10)2)18-16(20)15(19)12-4-6-13(17)7-5-12/h3-9H,1-2H3,(H,18,20). The van der Waals surface area contributed by atoms with Gasteiger partial charge >= 0.3 is 0 Å². The molecule has 3 nitrogen and oxygen atoms in total. The van der Waals surface area contributed by atoms with Crippen LogP contribution in [-0.4, -0.2) is 11.7 Å². The third-order valence-electron chi connectivity index (χ3n) is 3.08. The molecule has 0 aliphatic carbocycles. The van der Waals surface area contributed by atoms with E-state index in [1.807, 2.05) is 19.9 Å². The molecule has 0 radical (unpaired) electrons. The predicted molar refractivity (Wildman–Crippen MR) is 75.3 cm³/mol. The van der Waals surface area contributed by atoms with E-state index in [4.69, 9.17) is 0 Å². The Morgan fingerprint density at radius 1 is 0.950 bits per heavy atom. The Morgan fingerprint density at radius 2 is 1.60 bits per heavy atom. The van der Waals surface area contributed by atoms with Crippen molar-refractivity contribution in [2.24, 2.45) is 0 Å². The highest BCUT2D eigenvalue weighted by atomic mass is 19.1. The van der Waals surface area contributed by atoms with Crippen molar-refractivity contribution in [2.75, 3.05) is 5.32 Å². The lowest BCUT2D eigenvalue weighted by Gasteiger charge is -2.07. The number of nitrogens with one attached hydrogen (secondary N) is 1. The molecule has 0 atom stereocenters. The van der Waals surface area contributed by atoms with E-state index < -0.39 is 17.5 Å². The first kappa shape index (κ1) is 13.9. The van der Waals surface area contributed by atoms with Crippen molar-refractivity contribution in [1.29, 1.82) is 0 Å². The molecule has 0 fully saturated rings. The zero-order chi connectivity index (χ0) is 14.7. The van der Waals surface area contributed by atoms with E-state index >= 15 is 0 Å². The maximum absolute atomic E-state index is 12.8. The fourth-order valence-corrected chi connectivity index (χ4v) is 1.74. The van der Waals surface area contributed by atoms with Crippen LogP contribution in [0.25, 0.3) is 0 Å². The molecule has 0 aliphatic rings. The molecule has 0 heterocycles. The quantitative estimate of drug-likeness (QED) is 0.688. The number of anilines is 1. The molecular weight excluding hydrogens is 257 g/mol. The number of carbonyl (C=O) groups excluding carboxylic acids is 2. The first-order valence-electron chi connectivity index (χ1n) is 6.16. The minimum absolute atomic E-state index is 0.160. The van der Waals surface area contributed by atoms with Crippen molar-refractivity contribution in [3.63, 3.8) is 0 Å². The van der Waals surface area contributed by atoms with Gasteiger partial charge in [0.2, 0.25) is 0 Å². The van der Waals surface area contributed by atoms with Crippen molar-refractivity contribution < 1.29 is 14.0 Å². The summed E-state index contributed by atoms with van der Waals surface area (Å²) >= 11 is 0. The summed E-state index contributed by atoms with van der Waals surface area (Å²) in [6, 6.07) is 10.3. The Balaban J connectivity index is 2.13. The molecule has 0 aromatic heterocycles. The highest BCUT2D eigenvalue weighted by Crippen LogP contribution is 2.14. The van der Waals surface area contributed by atoms with Gasteiger partial charge in [-0.1, -0.05) is 6.07 Å². The number of aryl methyl sites for hydroxylation is 2. The van der Waals surface area contributed by atoms with Gasteiger partial charge < -0.3 is 5.32 Å². The van der Waals surface area contributed by atoms with Crippen molar-refractivity contribution in [3.05, 3.63) is 65.0 Å². The SMILES string of the molecule is Cc1ccc(NC(=O)C(=O)c2ccc(F)cc2)cc1C. The number of benzene rings is 2. The van der Waals surface area contributed by atoms with E-state index in [0.717, 1.165) is 23.3 Å². The Kier molecular flexibility index (Phi) is 3.94. The van der Waals surface area contributed by atoms with Gasteiger partial charge in [0.15, 0.2) is 0 Å². The molecule has 0 spiro atoms. The summed E-state index contributed by atoms with van der Waals surface area (Å²) in [6.07, 6.45) is 0. The van der Waals surface area contributed by atoms with Crippen LogP contribution in [0.5, 0.6) is 0 Å². The summed E-state index contributed by atoms with van der Waals surface area (Å²) in [5.41, 5.74) is 2.85. The van der Waals surface area contributed by atoms with Gasteiger partial charge in [0.05, 0.1) is 0 Å². The van der Waals surface area contributed by atoms with Gasteiger partial charge in [-0.25, -0.2) is 4.39 Å². The number of Topliss-reactive ketones (excluding diaryl/α,β-unsaturated/α-hetero) is 1. The molecular formula is C16H14FNO2. The maximum atomic E-state index is 12.8. The number of amides is 1. The van der Waals surface area contributed by atoms with Crippen molar-refractivity contribution in [2.45, 2.75) is 13.8 Å². The van der Waals surface area contributed by atoms with E-state index in [9.17, 15) is 14.0 Å². The van der Waals surface area contributed by atoms with E-state index in [0.29, 0.717) is 5.69 Å². The third-order valence-corrected chi connectivity index (χ3v) is 3.08. The summed E-state index contributed by atoms with van der Waals surface area (Å²) < 4.78 is 12.8. The first-order valence-corrected chi connectivity index (χ1v) is 6.16. The lowest BCUT2D eigenvalue weighted by atomic mass is 10.1. The Morgan fingerprint density at radius 3 is 2.20 bits per heavy atom. The molecule has 102 valence electrons. The van der Waals surface area contributed by atoms with Gasteiger partial charge in [0.25, 0.3) is 11.7 Å². The summed E-state index contributed by atoms with van der Waals surface area (Å²) in [4.78, 5) is 23.7. The van der Waals surface area contributed by atoms with Crippen LogP contribution in [0, 0.1) is 19.7 Å². The Labute approximate surface area is 116 Å². The zero-order valence-electron chi connectivity index (χ0n) is 11.2. The predicted octanol–water partition coefficient (Wildman–Crippen LogP) is 3.26. The molecule has 2 aromatic carbocycles. The molecule has 0 bridgehead atoms. The first-order chi connectivity index (χ1) is 9.47. The van der Waals surface area contributed by atoms with Gasteiger partial charge in [-0.15, -0.1) is 0 Å². The smallest absolute Gasteiger partial charge is 0.296 e. The summed E-state index contributed by atoms with van der Waals surface area (Å²) in [5, 5.41) is 2.54. The topological polar surface area (TPSA) is 46.2 Å². The highest BCUT2D eigenvalue weighted by molar-refractivity contribution is 6.46. The van der Waals surface area contributed by atoms with E-state index in [1.165, 1.54) is 12.1 Å². The number of carbonyl (C=O) groups is 2. The molecule has 0 aliphatic heterocycles. The molecule has 0 saturated heterocycles. The number of hydrogen-bond donors (Lipinski definition) is 1. The van der Waals surface area contributed by atoms with Crippen LogP contribution >= 0.6 is 0 Å². The van der Waals surface area contributed by atoms with Crippen LogP contribution < -0.4 is 5.32 Å². The third kappa shape index (κ3) is 3.09. The number of rotatable bonds is 3. The van der Waals surface area contributed by atoms with Crippen LogP contribution in [0.1, 0.15) is 21.5 Å². The van der Waals surface area contributed by atoms with Gasteiger partial charge in [-0.2, -0.15) is 0 Å². The van der Waals surface area contributed by atoms with Gasteiger partial charge in [0, 0.05) is 11.3 Å². The second-order valence-electron chi connectivity index (χ2n) is 4.59. The molecule has 20 heavy (non-hydrogen) atoms. The van der Waals surface area contributed by atoms with E-state index in [2.05, 4.69) is 5.32 Å². The summed E-state index contributed by atoms with van der Waals surface area (Å²) in [6.45, 7) is 3.89. The van der Waals surface area contributed by atoms with Crippen molar-refractivity contribution >= 4 is 17.4 Å². The van der Waals surface area contributed by atoms with Crippen LogP contribution in [0.2, 0.25) is 0 Å².